The second-order valence-electron chi connectivity index (χ2n) is 4.92. The monoisotopic (exact) mass is 246 g/mol. The Morgan fingerprint density at radius 3 is 2.65 bits per heavy atom. The molecule has 0 saturated carbocycles. The molecule has 0 atom stereocenters. The molecule has 3 heteroatoms. The summed E-state index contributed by atoms with van der Waals surface area (Å²) in [7, 11) is 2.20. The van der Waals surface area contributed by atoms with Crippen molar-refractivity contribution in [3.8, 4) is 11.1 Å². The molecule has 90 valence electrons. The average molecular weight is 246 g/mol. The molecule has 1 saturated heterocycles. The van der Waals surface area contributed by atoms with E-state index in [0.29, 0.717) is 0 Å². The second-order valence-corrected chi connectivity index (χ2v) is 5.81. The van der Waals surface area contributed by atoms with Gasteiger partial charge in [0.15, 0.2) is 0 Å². The summed E-state index contributed by atoms with van der Waals surface area (Å²) < 4.78 is 0. The van der Waals surface area contributed by atoms with Crippen LogP contribution in [0.2, 0.25) is 0 Å². The number of nitrogens with zero attached hydrogens (tertiary/aromatic N) is 2. The Kier molecular flexibility index (Phi) is 2.81. The van der Waals surface area contributed by atoms with Crippen LogP contribution in [0.3, 0.4) is 0 Å². The number of fused-ring (bicyclic) bond motifs is 1. The Morgan fingerprint density at radius 2 is 1.88 bits per heavy atom. The minimum absolute atomic E-state index is 1.15. The van der Waals surface area contributed by atoms with Crippen molar-refractivity contribution in [3.05, 3.63) is 29.1 Å². The van der Waals surface area contributed by atoms with Crippen molar-refractivity contribution in [1.29, 1.82) is 0 Å². The number of aryl methyl sites for hydroxylation is 1. The highest BCUT2D eigenvalue weighted by atomic mass is 32.1. The fourth-order valence-electron chi connectivity index (χ4n) is 2.49. The van der Waals surface area contributed by atoms with Gasteiger partial charge >= 0.3 is 0 Å². The lowest BCUT2D eigenvalue weighted by atomic mass is 10.2. The van der Waals surface area contributed by atoms with Gasteiger partial charge in [-0.25, -0.2) is 0 Å². The predicted molar refractivity (Wildman–Crippen MR) is 75.4 cm³/mol. The van der Waals surface area contributed by atoms with E-state index in [1.165, 1.54) is 34.8 Å². The first-order chi connectivity index (χ1) is 8.24. The highest BCUT2D eigenvalue weighted by Gasteiger charge is 2.19. The second kappa shape index (κ2) is 4.31. The first kappa shape index (κ1) is 11.1. The standard InChI is InChI=1S/C14H18N2S/c1-11-9-12-3-8-17-14(13(12)10-11)16-6-4-15(2)5-7-16/h3,8-10H,4-7H2,1-2H3. The van der Waals surface area contributed by atoms with E-state index in [2.05, 4.69) is 47.4 Å². The van der Waals surface area contributed by atoms with Crippen LogP contribution in [0.15, 0.2) is 23.6 Å². The quantitative estimate of drug-likeness (QED) is 0.763. The van der Waals surface area contributed by atoms with Gasteiger partial charge < -0.3 is 9.80 Å². The number of rotatable bonds is 1. The van der Waals surface area contributed by atoms with E-state index in [4.69, 9.17) is 0 Å². The topological polar surface area (TPSA) is 6.48 Å². The highest BCUT2D eigenvalue weighted by molar-refractivity contribution is 7.14. The van der Waals surface area contributed by atoms with Crippen LogP contribution in [-0.2, 0) is 0 Å². The SMILES string of the molecule is Cc1cc2ccsc(N3CCN(C)CC3)c-2c1. The molecule has 0 N–H and O–H groups in total. The van der Waals surface area contributed by atoms with E-state index >= 15 is 0 Å². The number of piperazine rings is 1. The van der Waals surface area contributed by atoms with E-state index in [9.17, 15) is 0 Å². The van der Waals surface area contributed by atoms with Crippen LogP contribution >= 0.6 is 11.3 Å². The zero-order chi connectivity index (χ0) is 11.8. The van der Waals surface area contributed by atoms with Crippen LogP contribution < -0.4 is 4.90 Å². The van der Waals surface area contributed by atoms with Gasteiger partial charge in [-0.05, 0) is 42.6 Å². The molecule has 0 bridgehead atoms. The van der Waals surface area contributed by atoms with Crippen LogP contribution in [0, 0.1) is 6.92 Å². The van der Waals surface area contributed by atoms with Crippen LogP contribution in [-0.4, -0.2) is 38.1 Å². The van der Waals surface area contributed by atoms with Crippen molar-refractivity contribution in [2.75, 3.05) is 38.1 Å². The van der Waals surface area contributed by atoms with Gasteiger partial charge in [-0.1, -0.05) is 6.07 Å². The molecule has 0 aromatic heterocycles. The molecule has 0 amide bonds. The molecule has 2 aliphatic heterocycles. The van der Waals surface area contributed by atoms with E-state index < -0.39 is 0 Å². The third-order valence-electron chi connectivity index (χ3n) is 3.51. The van der Waals surface area contributed by atoms with E-state index in [1.54, 1.807) is 0 Å². The molecule has 0 aromatic rings. The fraction of sp³-hybridized carbons (Fsp3) is 0.429. The van der Waals surface area contributed by atoms with E-state index in [1.807, 2.05) is 11.3 Å². The van der Waals surface area contributed by atoms with Gasteiger partial charge in [0.25, 0.3) is 0 Å². The summed E-state index contributed by atoms with van der Waals surface area (Å²) in [5.74, 6) is 0. The first-order valence-electron chi connectivity index (χ1n) is 6.15. The van der Waals surface area contributed by atoms with Crippen molar-refractivity contribution in [1.82, 2.24) is 4.90 Å². The number of likely N-dealkylation sites (N-methyl/N-ethyl adjacent to an activating group) is 1. The van der Waals surface area contributed by atoms with E-state index in [-0.39, 0.29) is 0 Å². The van der Waals surface area contributed by atoms with Crippen molar-refractivity contribution in [2.24, 2.45) is 0 Å². The molecular weight excluding hydrogens is 228 g/mol. The normalized spacial score (nSPS) is 17.9. The number of hydrogen-bond donors (Lipinski definition) is 0. The van der Waals surface area contributed by atoms with Crippen molar-refractivity contribution >= 4 is 16.3 Å². The van der Waals surface area contributed by atoms with Crippen molar-refractivity contribution in [2.45, 2.75) is 6.92 Å². The zero-order valence-electron chi connectivity index (χ0n) is 10.4. The maximum Gasteiger partial charge on any atom is 0.0989 e. The summed E-state index contributed by atoms with van der Waals surface area (Å²) in [5, 5.41) is 3.67. The third kappa shape index (κ3) is 2.05. The molecule has 1 aliphatic carbocycles. The minimum Gasteiger partial charge on any atom is -0.360 e. The average Bonchev–Trinajstić information content (AvgIpc) is 2.70. The summed E-state index contributed by atoms with van der Waals surface area (Å²) in [6.07, 6.45) is 0. The summed E-state index contributed by atoms with van der Waals surface area (Å²) in [4.78, 5) is 4.93. The van der Waals surface area contributed by atoms with Crippen LogP contribution in [0.25, 0.3) is 11.1 Å². The Labute approximate surface area is 107 Å². The summed E-state index contributed by atoms with van der Waals surface area (Å²) >= 11 is 1.87. The van der Waals surface area contributed by atoms with Gasteiger partial charge in [0.2, 0.25) is 0 Å². The van der Waals surface area contributed by atoms with E-state index in [0.717, 1.165) is 13.1 Å². The third-order valence-corrected chi connectivity index (χ3v) is 4.49. The molecule has 0 unspecified atom stereocenters. The molecule has 2 heterocycles. The maximum atomic E-state index is 2.53. The lowest BCUT2D eigenvalue weighted by Gasteiger charge is -2.34. The first-order valence-corrected chi connectivity index (χ1v) is 7.03. The molecule has 0 aromatic carbocycles. The number of anilines is 1. The van der Waals surface area contributed by atoms with Gasteiger partial charge in [0, 0.05) is 31.7 Å². The van der Waals surface area contributed by atoms with Gasteiger partial charge in [-0.2, -0.15) is 0 Å². The molecule has 3 rings (SSSR count). The van der Waals surface area contributed by atoms with Gasteiger partial charge in [-0.3, -0.25) is 0 Å². The smallest absolute Gasteiger partial charge is 0.0989 e. The lowest BCUT2D eigenvalue weighted by Crippen LogP contribution is -2.44. The number of hydrogen-bond acceptors (Lipinski definition) is 3. The van der Waals surface area contributed by atoms with Crippen molar-refractivity contribution in [3.63, 3.8) is 0 Å². The largest absolute Gasteiger partial charge is 0.360 e. The zero-order valence-corrected chi connectivity index (χ0v) is 11.3. The summed E-state index contributed by atoms with van der Waals surface area (Å²) in [5.41, 5.74) is 4.18. The summed E-state index contributed by atoms with van der Waals surface area (Å²) in [6.45, 7) is 6.82. The Hall–Kier alpha value is -1.06. The van der Waals surface area contributed by atoms with Gasteiger partial charge in [0.05, 0.1) is 5.00 Å². The fourth-order valence-corrected chi connectivity index (χ4v) is 3.47. The molecule has 17 heavy (non-hydrogen) atoms. The minimum atomic E-state index is 1.15. The van der Waals surface area contributed by atoms with Gasteiger partial charge in [0.1, 0.15) is 0 Å². The highest BCUT2D eigenvalue weighted by Crippen LogP contribution is 2.38. The molecule has 1 fully saturated rings. The lowest BCUT2D eigenvalue weighted by molar-refractivity contribution is 0.313. The Morgan fingerprint density at radius 1 is 1.12 bits per heavy atom. The summed E-state index contributed by atoms with van der Waals surface area (Å²) in [6, 6.07) is 6.83. The van der Waals surface area contributed by atoms with Gasteiger partial charge in [-0.15, -0.1) is 11.3 Å². The molecule has 2 nitrogen and oxygen atoms in total. The Balaban J connectivity index is 1.95. The molecule has 0 spiro atoms. The van der Waals surface area contributed by atoms with Crippen molar-refractivity contribution < 1.29 is 0 Å². The van der Waals surface area contributed by atoms with Crippen LogP contribution in [0.5, 0.6) is 0 Å². The molecule has 3 aliphatic rings. The van der Waals surface area contributed by atoms with Crippen LogP contribution in [0.1, 0.15) is 5.56 Å². The predicted octanol–water partition coefficient (Wildman–Crippen LogP) is 2.91. The van der Waals surface area contributed by atoms with Crippen LogP contribution in [0.4, 0.5) is 5.00 Å². The Bertz CT molecular complexity index is 483. The molecule has 0 radical (unpaired) electrons. The maximum absolute atomic E-state index is 2.53. The molecular formula is C14H18N2S.